The number of aryl methyl sites for hydroxylation is 1. The summed E-state index contributed by atoms with van der Waals surface area (Å²) in [4.78, 5) is 4.49. The van der Waals surface area contributed by atoms with Crippen LogP contribution >= 0.6 is 0 Å². The Morgan fingerprint density at radius 3 is 2.89 bits per heavy atom. The Labute approximate surface area is 109 Å². The molecular formula is C14H22N2O2. The van der Waals surface area contributed by atoms with Gasteiger partial charge in [-0.05, 0) is 27.2 Å². The zero-order valence-corrected chi connectivity index (χ0v) is 11.6. The molecule has 100 valence electrons. The van der Waals surface area contributed by atoms with E-state index in [9.17, 15) is 0 Å². The van der Waals surface area contributed by atoms with Crippen molar-refractivity contribution in [2.75, 3.05) is 13.7 Å². The average Bonchev–Trinajstić information content (AvgIpc) is 2.75. The highest BCUT2D eigenvalue weighted by Gasteiger charge is 2.23. The molecule has 2 rings (SSSR count). The molecule has 0 radical (unpaired) electrons. The van der Waals surface area contributed by atoms with Gasteiger partial charge in [0.2, 0.25) is 0 Å². The number of ether oxygens (including phenoxy) is 2. The summed E-state index contributed by atoms with van der Waals surface area (Å²) in [5.74, 6) is 0.942. The maximum absolute atomic E-state index is 5.54. The van der Waals surface area contributed by atoms with Crippen molar-refractivity contribution in [1.82, 2.24) is 10.3 Å². The quantitative estimate of drug-likeness (QED) is 0.887. The lowest BCUT2D eigenvalue weighted by molar-refractivity contribution is 0.113. The summed E-state index contributed by atoms with van der Waals surface area (Å²) in [6.07, 6.45) is 3.23. The minimum Gasteiger partial charge on any atom is -0.496 e. The van der Waals surface area contributed by atoms with Gasteiger partial charge in [-0.2, -0.15) is 0 Å². The fraction of sp³-hybridized carbons (Fsp3) is 0.643. The van der Waals surface area contributed by atoms with Crippen LogP contribution in [-0.4, -0.2) is 30.8 Å². The van der Waals surface area contributed by atoms with Gasteiger partial charge in [-0.3, -0.25) is 4.98 Å². The highest BCUT2D eigenvalue weighted by Crippen LogP contribution is 2.24. The molecule has 1 aromatic heterocycles. The monoisotopic (exact) mass is 250 g/mol. The third-order valence-electron chi connectivity index (χ3n) is 3.66. The predicted molar refractivity (Wildman–Crippen MR) is 70.9 cm³/mol. The van der Waals surface area contributed by atoms with E-state index in [0.29, 0.717) is 6.04 Å². The summed E-state index contributed by atoms with van der Waals surface area (Å²) in [5, 5.41) is 3.52. The largest absolute Gasteiger partial charge is 0.496 e. The first-order valence-corrected chi connectivity index (χ1v) is 6.47. The summed E-state index contributed by atoms with van der Waals surface area (Å²) in [6.45, 7) is 7.80. The summed E-state index contributed by atoms with van der Waals surface area (Å²) >= 11 is 0. The molecule has 1 fully saturated rings. The van der Waals surface area contributed by atoms with E-state index in [1.807, 2.05) is 13.1 Å². The molecule has 0 amide bonds. The van der Waals surface area contributed by atoms with Crippen LogP contribution in [0.3, 0.4) is 0 Å². The van der Waals surface area contributed by atoms with Crippen molar-refractivity contribution >= 4 is 0 Å². The predicted octanol–water partition coefficient (Wildman–Crippen LogP) is 1.97. The van der Waals surface area contributed by atoms with Gasteiger partial charge in [0.15, 0.2) is 0 Å². The second kappa shape index (κ2) is 5.67. The third kappa shape index (κ3) is 2.65. The Kier molecular flexibility index (Phi) is 4.19. The number of rotatable bonds is 4. The summed E-state index contributed by atoms with van der Waals surface area (Å²) in [6, 6.07) is 0.429. The van der Waals surface area contributed by atoms with Crippen LogP contribution in [0.5, 0.6) is 5.75 Å². The van der Waals surface area contributed by atoms with Gasteiger partial charge in [-0.25, -0.2) is 0 Å². The van der Waals surface area contributed by atoms with E-state index < -0.39 is 0 Å². The van der Waals surface area contributed by atoms with Crippen LogP contribution in [0.25, 0.3) is 0 Å². The minimum absolute atomic E-state index is 0.289. The third-order valence-corrected chi connectivity index (χ3v) is 3.66. The molecule has 2 heterocycles. The first-order valence-electron chi connectivity index (χ1n) is 6.47. The molecule has 2 atom stereocenters. The standard InChI is InChI=1S/C14H22N2O2/c1-9-7-15-13(10(2)14(9)17-4)8-16-12-5-6-18-11(12)3/h7,11-12,16H,5-6,8H2,1-4H3. The van der Waals surface area contributed by atoms with E-state index in [0.717, 1.165) is 42.1 Å². The van der Waals surface area contributed by atoms with Crippen LogP contribution in [0.2, 0.25) is 0 Å². The summed E-state index contributed by atoms with van der Waals surface area (Å²) in [5.41, 5.74) is 3.25. The molecule has 0 saturated carbocycles. The molecule has 4 heteroatoms. The van der Waals surface area contributed by atoms with Gasteiger partial charge < -0.3 is 14.8 Å². The molecule has 1 aromatic rings. The van der Waals surface area contributed by atoms with Crippen LogP contribution in [0.1, 0.15) is 30.2 Å². The zero-order valence-electron chi connectivity index (χ0n) is 11.6. The molecule has 1 saturated heterocycles. The number of hydrogen-bond donors (Lipinski definition) is 1. The number of nitrogens with one attached hydrogen (secondary N) is 1. The van der Waals surface area contributed by atoms with Crippen molar-refractivity contribution in [2.24, 2.45) is 0 Å². The molecule has 2 unspecified atom stereocenters. The zero-order chi connectivity index (χ0) is 13.1. The normalized spacial score (nSPS) is 23.3. The van der Waals surface area contributed by atoms with E-state index in [2.05, 4.69) is 24.1 Å². The molecule has 1 N–H and O–H groups in total. The maximum Gasteiger partial charge on any atom is 0.128 e. The molecule has 4 nitrogen and oxygen atoms in total. The number of methoxy groups -OCH3 is 1. The molecule has 0 aromatic carbocycles. The number of pyridine rings is 1. The molecule has 0 bridgehead atoms. The van der Waals surface area contributed by atoms with Crippen LogP contribution in [-0.2, 0) is 11.3 Å². The Bertz CT molecular complexity index is 421. The van der Waals surface area contributed by atoms with E-state index >= 15 is 0 Å². The average molecular weight is 250 g/mol. The fourth-order valence-electron chi connectivity index (χ4n) is 2.48. The minimum atomic E-state index is 0.289. The van der Waals surface area contributed by atoms with Gasteiger partial charge >= 0.3 is 0 Å². The molecule has 1 aliphatic rings. The number of hydrogen-bond acceptors (Lipinski definition) is 4. The van der Waals surface area contributed by atoms with Crippen molar-refractivity contribution in [1.29, 1.82) is 0 Å². The fourth-order valence-corrected chi connectivity index (χ4v) is 2.48. The SMILES string of the molecule is COc1c(C)cnc(CNC2CCOC2C)c1C. The summed E-state index contributed by atoms with van der Waals surface area (Å²) < 4.78 is 11.0. The smallest absolute Gasteiger partial charge is 0.128 e. The van der Waals surface area contributed by atoms with Crippen LogP contribution < -0.4 is 10.1 Å². The van der Waals surface area contributed by atoms with Crippen molar-refractivity contribution in [3.8, 4) is 5.75 Å². The van der Waals surface area contributed by atoms with Crippen LogP contribution in [0.15, 0.2) is 6.20 Å². The lowest BCUT2D eigenvalue weighted by atomic mass is 10.1. The van der Waals surface area contributed by atoms with Gasteiger partial charge in [0.1, 0.15) is 5.75 Å². The van der Waals surface area contributed by atoms with E-state index in [1.54, 1.807) is 7.11 Å². The second-order valence-electron chi connectivity index (χ2n) is 4.90. The van der Waals surface area contributed by atoms with Crippen molar-refractivity contribution < 1.29 is 9.47 Å². The first-order chi connectivity index (χ1) is 8.63. The Hall–Kier alpha value is -1.13. The van der Waals surface area contributed by atoms with Crippen LogP contribution in [0.4, 0.5) is 0 Å². The van der Waals surface area contributed by atoms with E-state index in [4.69, 9.17) is 9.47 Å². The molecule has 1 aliphatic heterocycles. The van der Waals surface area contributed by atoms with Crippen molar-refractivity contribution in [3.05, 3.63) is 23.0 Å². The van der Waals surface area contributed by atoms with Crippen LogP contribution in [0, 0.1) is 13.8 Å². The lowest BCUT2D eigenvalue weighted by Crippen LogP contribution is -2.34. The Balaban J connectivity index is 2.05. The van der Waals surface area contributed by atoms with Crippen molar-refractivity contribution in [2.45, 2.75) is 45.9 Å². The Morgan fingerprint density at radius 2 is 2.28 bits per heavy atom. The molecule has 0 spiro atoms. The topological polar surface area (TPSA) is 43.4 Å². The van der Waals surface area contributed by atoms with Gasteiger partial charge in [0.05, 0.1) is 18.9 Å². The highest BCUT2D eigenvalue weighted by atomic mass is 16.5. The lowest BCUT2D eigenvalue weighted by Gasteiger charge is -2.17. The first kappa shape index (κ1) is 13.3. The second-order valence-corrected chi connectivity index (χ2v) is 4.90. The van der Waals surface area contributed by atoms with E-state index in [-0.39, 0.29) is 6.10 Å². The van der Waals surface area contributed by atoms with Gasteiger partial charge in [0.25, 0.3) is 0 Å². The molecular weight excluding hydrogens is 228 g/mol. The molecule has 0 aliphatic carbocycles. The van der Waals surface area contributed by atoms with E-state index in [1.165, 1.54) is 0 Å². The Morgan fingerprint density at radius 1 is 1.50 bits per heavy atom. The van der Waals surface area contributed by atoms with Gasteiger partial charge in [-0.15, -0.1) is 0 Å². The van der Waals surface area contributed by atoms with Gasteiger partial charge in [0, 0.05) is 36.5 Å². The number of aromatic nitrogens is 1. The van der Waals surface area contributed by atoms with Crippen molar-refractivity contribution in [3.63, 3.8) is 0 Å². The van der Waals surface area contributed by atoms with Gasteiger partial charge in [-0.1, -0.05) is 0 Å². The highest BCUT2D eigenvalue weighted by molar-refractivity contribution is 5.41. The molecule has 18 heavy (non-hydrogen) atoms. The number of nitrogens with zero attached hydrogens (tertiary/aromatic N) is 1. The summed E-state index contributed by atoms with van der Waals surface area (Å²) in [7, 11) is 1.71. The maximum atomic E-state index is 5.54.